The number of rotatable bonds is 6. The molecule has 1 saturated heterocycles. The van der Waals surface area contributed by atoms with Crippen LogP contribution in [0.4, 0.5) is 31.1 Å². The summed E-state index contributed by atoms with van der Waals surface area (Å²) in [5.74, 6) is -2.23. The number of para-hydroxylation sites is 1. The minimum absolute atomic E-state index is 0.0336. The summed E-state index contributed by atoms with van der Waals surface area (Å²) in [7, 11) is 2.63. The van der Waals surface area contributed by atoms with Crippen LogP contribution in [-0.4, -0.2) is 71.1 Å². The van der Waals surface area contributed by atoms with E-state index in [9.17, 15) is 40.7 Å². The van der Waals surface area contributed by atoms with Crippen LogP contribution < -0.4 is 5.32 Å². The summed E-state index contributed by atoms with van der Waals surface area (Å²) in [5.41, 5.74) is -2.51. The maximum Gasteiger partial charge on any atom is 0.417 e. The molecule has 2 amide bonds. The molecule has 7 nitrogen and oxygen atoms in total. The van der Waals surface area contributed by atoms with Gasteiger partial charge in [-0.15, -0.1) is 0 Å². The van der Waals surface area contributed by atoms with Gasteiger partial charge in [0.1, 0.15) is 12.1 Å². The van der Waals surface area contributed by atoms with Crippen LogP contribution in [-0.2, 0) is 18.8 Å². The fourth-order valence-corrected chi connectivity index (χ4v) is 5.82. The lowest BCUT2D eigenvalue weighted by atomic mass is 9.85. The van der Waals surface area contributed by atoms with Gasteiger partial charge in [-0.25, -0.2) is 4.79 Å². The van der Waals surface area contributed by atoms with Crippen molar-refractivity contribution in [1.82, 2.24) is 20.1 Å². The van der Waals surface area contributed by atoms with Gasteiger partial charge in [0.2, 0.25) is 0 Å². The molecule has 1 fully saturated rings. The number of carbonyl (C=O) groups excluding carboxylic acids is 3. The number of urea groups is 1. The molecule has 4 aromatic rings. The van der Waals surface area contributed by atoms with E-state index < -0.39 is 70.3 Å². The molecule has 0 bridgehead atoms. The third-order valence-electron chi connectivity index (χ3n) is 7.88. The number of nitrogens with one attached hydrogen (secondary N) is 2. The number of hydrogen-bond donors (Lipinski definition) is 2. The molecule has 0 radical (unpaired) electrons. The Kier molecular flexibility index (Phi) is 8.49. The number of carbonyl (C=O) groups is 3. The number of hydrogen-bond acceptors (Lipinski definition) is 4. The largest absolute Gasteiger partial charge is 0.417 e. The topological polar surface area (TPSA) is 85.5 Å². The van der Waals surface area contributed by atoms with Gasteiger partial charge in [0, 0.05) is 54.9 Å². The number of Topliss-reactive ketones (excluding diaryl/α,β-unsaturated/α-hetero) is 2. The smallest absolute Gasteiger partial charge is 0.361 e. The molecule has 3 unspecified atom stereocenters. The third-order valence-corrected chi connectivity index (χ3v) is 7.88. The highest BCUT2D eigenvalue weighted by atomic mass is 19.4. The standard InChI is InChI=1S/C32H28F6N4O3/c1-41(2)30(45)42-26(28(43)20-10-3-6-12-22(20)31(33,34)35)17-40-25(15-18-16-39-24-14-8-5-9-19(18)24)27(42)29(44)21-11-4-7-13-23(21)32(36,37)38/h3-14,16,25-27,39-40H,15,17H2,1-2H3. The van der Waals surface area contributed by atoms with Crippen molar-refractivity contribution < 1.29 is 40.7 Å². The summed E-state index contributed by atoms with van der Waals surface area (Å²) >= 11 is 0. The number of aromatic nitrogens is 1. The molecule has 0 spiro atoms. The molecule has 3 atom stereocenters. The number of alkyl halides is 6. The average molecular weight is 631 g/mol. The van der Waals surface area contributed by atoms with Gasteiger partial charge in [0.15, 0.2) is 11.6 Å². The number of benzene rings is 3. The van der Waals surface area contributed by atoms with Crippen molar-refractivity contribution in [3.05, 3.63) is 107 Å². The first-order chi connectivity index (χ1) is 21.2. The second-order valence-electron chi connectivity index (χ2n) is 10.9. The highest BCUT2D eigenvalue weighted by Gasteiger charge is 2.50. The van der Waals surface area contributed by atoms with Gasteiger partial charge in [-0.3, -0.25) is 9.59 Å². The van der Waals surface area contributed by atoms with Gasteiger partial charge in [0.05, 0.1) is 11.1 Å². The monoisotopic (exact) mass is 630 g/mol. The molecular formula is C32H28F6N4O3. The van der Waals surface area contributed by atoms with Crippen LogP contribution in [0.3, 0.4) is 0 Å². The number of amides is 2. The Balaban J connectivity index is 1.67. The van der Waals surface area contributed by atoms with E-state index in [-0.39, 0.29) is 13.0 Å². The molecule has 0 saturated carbocycles. The van der Waals surface area contributed by atoms with Crippen molar-refractivity contribution in [3.8, 4) is 0 Å². The SMILES string of the molecule is CN(C)C(=O)N1C(C(=O)c2ccccc2C(F)(F)F)CNC(Cc2c[nH]c3ccccc23)C1C(=O)c1ccccc1C(F)(F)F. The first kappa shape index (κ1) is 31.8. The molecule has 0 aliphatic carbocycles. The molecule has 1 aliphatic rings. The van der Waals surface area contributed by atoms with Crippen molar-refractivity contribution >= 4 is 28.5 Å². The van der Waals surface area contributed by atoms with E-state index in [0.717, 1.165) is 57.1 Å². The van der Waals surface area contributed by atoms with Crippen LogP contribution in [0.25, 0.3) is 10.9 Å². The van der Waals surface area contributed by atoms with Crippen molar-refractivity contribution in [1.29, 1.82) is 0 Å². The predicted molar refractivity (Wildman–Crippen MR) is 154 cm³/mol. The lowest BCUT2D eigenvalue weighted by molar-refractivity contribution is -0.138. The van der Waals surface area contributed by atoms with Crippen molar-refractivity contribution in [2.24, 2.45) is 0 Å². The van der Waals surface area contributed by atoms with Crippen LogP contribution in [0.2, 0.25) is 0 Å². The van der Waals surface area contributed by atoms with E-state index in [4.69, 9.17) is 0 Å². The zero-order valence-electron chi connectivity index (χ0n) is 24.0. The number of fused-ring (bicyclic) bond motifs is 1. The van der Waals surface area contributed by atoms with E-state index in [1.54, 1.807) is 18.3 Å². The first-order valence-corrected chi connectivity index (χ1v) is 13.9. The van der Waals surface area contributed by atoms with Gasteiger partial charge in [-0.1, -0.05) is 54.6 Å². The van der Waals surface area contributed by atoms with Crippen LogP contribution in [0.15, 0.2) is 79.0 Å². The average Bonchev–Trinajstić information content (AvgIpc) is 3.41. The molecule has 3 aromatic carbocycles. The van der Waals surface area contributed by atoms with Crippen LogP contribution in [0, 0.1) is 0 Å². The summed E-state index contributed by atoms with van der Waals surface area (Å²) in [6.07, 6.45) is -8.14. The summed E-state index contributed by atoms with van der Waals surface area (Å²) in [4.78, 5) is 46.9. The lowest BCUT2D eigenvalue weighted by Crippen LogP contribution is -2.70. The van der Waals surface area contributed by atoms with Crippen LogP contribution >= 0.6 is 0 Å². The van der Waals surface area contributed by atoms with Gasteiger partial charge in [-0.05, 0) is 30.2 Å². The second kappa shape index (κ2) is 12.0. The number of piperazine rings is 1. The van der Waals surface area contributed by atoms with Crippen molar-refractivity contribution in [3.63, 3.8) is 0 Å². The zero-order chi connectivity index (χ0) is 32.7. The lowest BCUT2D eigenvalue weighted by Gasteiger charge is -2.46. The molecule has 45 heavy (non-hydrogen) atoms. The third kappa shape index (κ3) is 6.17. The Morgan fingerprint density at radius 3 is 1.91 bits per heavy atom. The maximum absolute atomic E-state index is 14.3. The van der Waals surface area contributed by atoms with Crippen LogP contribution in [0.5, 0.6) is 0 Å². The molecule has 1 aliphatic heterocycles. The summed E-state index contributed by atoms with van der Waals surface area (Å²) in [5, 5.41) is 3.80. The van der Waals surface area contributed by atoms with E-state index >= 15 is 0 Å². The highest BCUT2D eigenvalue weighted by molar-refractivity contribution is 6.07. The zero-order valence-corrected chi connectivity index (χ0v) is 24.0. The second-order valence-corrected chi connectivity index (χ2v) is 10.9. The fourth-order valence-electron chi connectivity index (χ4n) is 5.82. The van der Waals surface area contributed by atoms with E-state index in [2.05, 4.69) is 10.3 Å². The number of nitrogens with zero attached hydrogens (tertiary/aromatic N) is 2. The normalized spacial score (nSPS) is 19.0. The summed E-state index contributed by atoms with van der Waals surface area (Å²) in [6.45, 7) is -0.359. The van der Waals surface area contributed by atoms with Gasteiger partial charge < -0.3 is 20.1 Å². The maximum atomic E-state index is 14.3. The minimum Gasteiger partial charge on any atom is -0.361 e. The Labute approximate surface area is 253 Å². The van der Waals surface area contributed by atoms with Crippen molar-refractivity contribution in [2.45, 2.75) is 36.9 Å². The Morgan fingerprint density at radius 1 is 0.800 bits per heavy atom. The van der Waals surface area contributed by atoms with E-state index in [0.29, 0.717) is 5.56 Å². The number of aromatic amines is 1. The minimum atomic E-state index is -4.93. The fraction of sp³-hybridized carbons (Fsp3) is 0.281. The molecule has 1 aromatic heterocycles. The van der Waals surface area contributed by atoms with Crippen LogP contribution in [0.1, 0.15) is 37.4 Å². The van der Waals surface area contributed by atoms with E-state index in [1.165, 1.54) is 26.2 Å². The molecular weight excluding hydrogens is 602 g/mol. The van der Waals surface area contributed by atoms with Gasteiger partial charge in [-0.2, -0.15) is 26.3 Å². The first-order valence-electron chi connectivity index (χ1n) is 13.9. The molecule has 2 heterocycles. The Morgan fingerprint density at radius 2 is 1.33 bits per heavy atom. The number of halogens is 6. The Hall–Kier alpha value is -4.65. The summed E-state index contributed by atoms with van der Waals surface area (Å²) < 4.78 is 84.1. The molecule has 236 valence electrons. The van der Waals surface area contributed by atoms with E-state index in [1.807, 2.05) is 12.1 Å². The molecule has 13 heteroatoms. The Bertz CT molecular complexity index is 1750. The molecule has 5 rings (SSSR count). The molecule has 2 N–H and O–H groups in total. The summed E-state index contributed by atoms with van der Waals surface area (Å²) in [6, 6.07) is 10.0. The van der Waals surface area contributed by atoms with Gasteiger partial charge >= 0.3 is 18.4 Å². The number of H-pyrrole nitrogens is 1. The predicted octanol–water partition coefficient (Wildman–Crippen LogP) is 6.21. The highest BCUT2D eigenvalue weighted by Crippen LogP contribution is 2.36. The quantitative estimate of drug-likeness (QED) is 0.196. The number of ketones is 2. The van der Waals surface area contributed by atoms with Gasteiger partial charge in [0.25, 0.3) is 0 Å². The van der Waals surface area contributed by atoms with Crippen molar-refractivity contribution in [2.75, 3.05) is 20.6 Å².